The Labute approximate surface area is 121 Å². The van der Waals surface area contributed by atoms with Crippen LogP contribution in [-0.2, 0) is 4.74 Å². The standard InChI is InChI=1S/C15H14ClNO3/c16-10-5-3-9(4-6-10)12-13(15(19)14(12)18)17-8-11-2-1-7-20-11/h3-6,11,17H,1-2,7-8H2. The molecule has 0 amide bonds. The Morgan fingerprint density at radius 1 is 1.20 bits per heavy atom. The van der Waals surface area contributed by atoms with Crippen LogP contribution in [0.25, 0.3) is 11.1 Å². The van der Waals surface area contributed by atoms with Gasteiger partial charge in [-0.25, -0.2) is 0 Å². The van der Waals surface area contributed by atoms with Crippen LogP contribution in [0.4, 0.5) is 5.69 Å². The van der Waals surface area contributed by atoms with Crippen LogP contribution in [0.3, 0.4) is 0 Å². The molecule has 2 aromatic rings. The predicted octanol–water partition coefficient (Wildman–Crippen LogP) is 2.19. The van der Waals surface area contributed by atoms with Gasteiger partial charge in [-0.05, 0) is 30.5 Å². The molecule has 20 heavy (non-hydrogen) atoms. The van der Waals surface area contributed by atoms with Crippen molar-refractivity contribution >= 4 is 17.3 Å². The first-order valence-corrected chi connectivity index (χ1v) is 6.99. The maximum atomic E-state index is 11.7. The van der Waals surface area contributed by atoms with E-state index in [4.69, 9.17) is 16.3 Å². The fourth-order valence-electron chi connectivity index (χ4n) is 2.47. The fraction of sp³-hybridized carbons (Fsp3) is 0.333. The zero-order valence-corrected chi connectivity index (χ0v) is 11.6. The molecule has 5 heteroatoms. The highest BCUT2D eigenvalue weighted by molar-refractivity contribution is 6.30. The number of nitrogens with one attached hydrogen (secondary N) is 1. The van der Waals surface area contributed by atoms with Crippen LogP contribution in [0.5, 0.6) is 0 Å². The van der Waals surface area contributed by atoms with Gasteiger partial charge >= 0.3 is 0 Å². The van der Waals surface area contributed by atoms with Gasteiger partial charge in [0.1, 0.15) is 0 Å². The minimum Gasteiger partial charge on any atom is -0.379 e. The van der Waals surface area contributed by atoms with Gasteiger partial charge < -0.3 is 10.1 Å². The molecule has 1 unspecified atom stereocenters. The average molecular weight is 292 g/mol. The monoisotopic (exact) mass is 291 g/mol. The van der Waals surface area contributed by atoms with Crippen LogP contribution in [-0.4, -0.2) is 19.3 Å². The number of anilines is 1. The molecular formula is C15H14ClNO3. The summed E-state index contributed by atoms with van der Waals surface area (Å²) >= 11 is 5.83. The molecule has 0 radical (unpaired) electrons. The summed E-state index contributed by atoms with van der Waals surface area (Å²) in [6, 6.07) is 6.90. The Hall–Kier alpha value is -1.65. The Morgan fingerprint density at radius 2 is 1.95 bits per heavy atom. The predicted molar refractivity (Wildman–Crippen MR) is 79.3 cm³/mol. The smallest absolute Gasteiger partial charge is 0.250 e. The van der Waals surface area contributed by atoms with Crippen molar-refractivity contribution in [1.82, 2.24) is 0 Å². The van der Waals surface area contributed by atoms with Gasteiger partial charge in [0.05, 0.1) is 17.4 Å². The van der Waals surface area contributed by atoms with Crippen molar-refractivity contribution in [2.45, 2.75) is 18.9 Å². The lowest BCUT2D eigenvalue weighted by molar-refractivity contribution is 0.120. The van der Waals surface area contributed by atoms with E-state index < -0.39 is 10.9 Å². The van der Waals surface area contributed by atoms with E-state index >= 15 is 0 Å². The normalized spacial score (nSPS) is 18.6. The van der Waals surface area contributed by atoms with Gasteiger partial charge in [0.2, 0.25) is 10.9 Å². The van der Waals surface area contributed by atoms with Crippen LogP contribution in [0.1, 0.15) is 12.8 Å². The van der Waals surface area contributed by atoms with Gasteiger partial charge in [0, 0.05) is 18.2 Å². The van der Waals surface area contributed by atoms with Crippen molar-refractivity contribution in [2.24, 2.45) is 0 Å². The molecule has 1 fully saturated rings. The SMILES string of the molecule is O=c1c(NCC2CCCO2)c(-c2ccc(Cl)cc2)c1=O. The van der Waals surface area contributed by atoms with Gasteiger partial charge in [-0.3, -0.25) is 9.59 Å². The van der Waals surface area contributed by atoms with E-state index in [2.05, 4.69) is 5.32 Å². The lowest BCUT2D eigenvalue weighted by Crippen LogP contribution is -2.37. The third-order valence-corrected chi connectivity index (χ3v) is 3.83. The number of hydrogen-bond donors (Lipinski definition) is 1. The molecule has 1 saturated heterocycles. The maximum absolute atomic E-state index is 11.7. The number of benzene rings is 1. The van der Waals surface area contributed by atoms with Gasteiger partial charge in [-0.2, -0.15) is 0 Å². The van der Waals surface area contributed by atoms with Gasteiger partial charge in [-0.1, -0.05) is 23.7 Å². The number of halogens is 1. The second-order valence-electron chi connectivity index (χ2n) is 4.93. The summed E-state index contributed by atoms with van der Waals surface area (Å²) in [6.07, 6.45) is 2.15. The molecule has 1 N–H and O–H groups in total. The molecule has 0 aromatic heterocycles. The number of hydrogen-bond acceptors (Lipinski definition) is 4. The van der Waals surface area contributed by atoms with Crippen LogP contribution in [0.15, 0.2) is 33.9 Å². The number of ether oxygens (including phenoxy) is 1. The fourth-order valence-corrected chi connectivity index (χ4v) is 2.60. The molecule has 0 aliphatic carbocycles. The van der Waals surface area contributed by atoms with E-state index in [1.54, 1.807) is 24.3 Å². The van der Waals surface area contributed by atoms with Crippen LogP contribution in [0.2, 0.25) is 5.02 Å². The molecule has 2 aromatic carbocycles. The van der Waals surface area contributed by atoms with Crippen molar-refractivity contribution in [3.05, 3.63) is 49.7 Å². The highest BCUT2D eigenvalue weighted by Crippen LogP contribution is 2.25. The van der Waals surface area contributed by atoms with Crippen LogP contribution in [0, 0.1) is 0 Å². The third-order valence-electron chi connectivity index (χ3n) is 3.57. The summed E-state index contributed by atoms with van der Waals surface area (Å²) in [7, 11) is 0. The molecule has 104 valence electrons. The first-order chi connectivity index (χ1) is 9.66. The van der Waals surface area contributed by atoms with Crippen molar-refractivity contribution in [3.63, 3.8) is 0 Å². The van der Waals surface area contributed by atoms with E-state index in [1.807, 2.05) is 0 Å². The zero-order chi connectivity index (χ0) is 14.1. The molecular weight excluding hydrogens is 278 g/mol. The largest absolute Gasteiger partial charge is 0.379 e. The maximum Gasteiger partial charge on any atom is 0.250 e. The molecule has 1 aliphatic rings. The first kappa shape index (κ1) is 13.3. The number of rotatable bonds is 4. The first-order valence-electron chi connectivity index (χ1n) is 6.61. The van der Waals surface area contributed by atoms with Crippen molar-refractivity contribution in [1.29, 1.82) is 0 Å². The second kappa shape index (κ2) is 5.38. The van der Waals surface area contributed by atoms with Crippen LogP contribution >= 0.6 is 11.6 Å². The Bertz CT molecular complexity index is 680. The molecule has 1 aliphatic heterocycles. The minimum absolute atomic E-state index is 0.123. The molecule has 0 bridgehead atoms. The highest BCUT2D eigenvalue weighted by Gasteiger charge is 2.23. The Morgan fingerprint density at radius 3 is 2.60 bits per heavy atom. The summed E-state index contributed by atoms with van der Waals surface area (Å²) in [5.41, 5.74) is 0.668. The summed E-state index contributed by atoms with van der Waals surface area (Å²) in [4.78, 5) is 23.4. The average Bonchev–Trinajstić information content (AvgIpc) is 2.97. The summed E-state index contributed by atoms with van der Waals surface area (Å²) in [6.45, 7) is 1.33. The van der Waals surface area contributed by atoms with E-state index in [1.165, 1.54) is 0 Å². The van der Waals surface area contributed by atoms with Crippen molar-refractivity contribution in [3.8, 4) is 11.1 Å². The van der Waals surface area contributed by atoms with E-state index in [0.717, 1.165) is 19.4 Å². The topological polar surface area (TPSA) is 55.4 Å². The molecule has 4 nitrogen and oxygen atoms in total. The van der Waals surface area contributed by atoms with Crippen LogP contribution < -0.4 is 16.2 Å². The third kappa shape index (κ3) is 2.37. The second-order valence-corrected chi connectivity index (χ2v) is 5.37. The van der Waals surface area contributed by atoms with E-state index in [0.29, 0.717) is 28.4 Å². The van der Waals surface area contributed by atoms with Gasteiger partial charge in [-0.15, -0.1) is 0 Å². The van der Waals surface area contributed by atoms with Gasteiger partial charge in [0.15, 0.2) is 0 Å². The van der Waals surface area contributed by atoms with E-state index in [-0.39, 0.29) is 6.10 Å². The molecule has 0 saturated carbocycles. The lowest BCUT2D eigenvalue weighted by atomic mass is 9.98. The summed E-state index contributed by atoms with van der Waals surface area (Å²) in [5, 5.41) is 3.65. The molecule has 3 rings (SSSR count). The quantitative estimate of drug-likeness (QED) is 0.878. The minimum atomic E-state index is -0.451. The summed E-state index contributed by atoms with van der Waals surface area (Å²) in [5.74, 6) is 0. The Kier molecular flexibility index (Phi) is 3.59. The highest BCUT2D eigenvalue weighted by atomic mass is 35.5. The van der Waals surface area contributed by atoms with Crippen molar-refractivity contribution < 1.29 is 4.74 Å². The molecule has 0 spiro atoms. The molecule has 1 atom stereocenters. The van der Waals surface area contributed by atoms with E-state index in [9.17, 15) is 9.59 Å². The van der Waals surface area contributed by atoms with Gasteiger partial charge in [0.25, 0.3) is 0 Å². The van der Waals surface area contributed by atoms with Crippen molar-refractivity contribution in [2.75, 3.05) is 18.5 Å². The lowest BCUT2D eigenvalue weighted by Gasteiger charge is -2.16. The Balaban J connectivity index is 1.81. The molecule has 1 heterocycles. The summed E-state index contributed by atoms with van der Waals surface area (Å²) < 4.78 is 5.49. The zero-order valence-electron chi connectivity index (χ0n) is 10.8.